The number of aromatic nitrogens is 1. The molecule has 1 amide bonds. The third kappa shape index (κ3) is 4.61. The Morgan fingerprint density at radius 1 is 1.22 bits per heavy atom. The highest BCUT2D eigenvalue weighted by Crippen LogP contribution is 2.33. The highest BCUT2D eigenvalue weighted by molar-refractivity contribution is 7.14. The van der Waals surface area contributed by atoms with E-state index in [0.717, 1.165) is 17.7 Å². The minimum absolute atomic E-state index is 0.0874. The second-order valence-corrected chi connectivity index (χ2v) is 7.50. The number of ether oxygens (including phenoxy) is 1. The van der Waals surface area contributed by atoms with Crippen LogP contribution in [-0.4, -0.2) is 10.9 Å². The molecule has 0 radical (unpaired) electrons. The van der Waals surface area contributed by atoms with E-state index in [9.17, 15) is 4.79 Å². The van der Waals surface area contributed by atoms with E-state index in [1.165, 1.54) is 18.3 Å². The third-order valence-electron chi connectivity index (χ3n) is 3.93. The molecule has 0 aliphatic heterocycles. The fraction of sp³-hybridized carbons (Fsp3) is 0.200. The summed E-state index contributed by atoms with van der Waals surface area (Å²) in [4.78, 5) is 18.5. The van der Waals surface area contributed by atoms with E-state index in [-0.39, 0.29) is 12.5 Å². The van der Waals surface area contributed by atoms with E-state index >= 15 is 0 Å². The highest BCUT2D eigenvalue weighted by Gasteiger charge is 2.20. The predicted molar refractivity (Wildman–Crippen MR) is 112 cm³/mol. The summed E-state index contributed by atoms with van der Waals surface area (Å²) in [6, 6.07) is 12.9. The molecule has 0 saturated heterocycles. The van der Waals surface area contributed by atoms with Gasteiger partial charge in [0.25, 0.3) is 0 Å². The molecule has 4 nitrogen and oxygen atoms in total. The maximum atomic E-state index is 12.3. The van der Waals surface area contributed by atoms with Crippen LogP contribution in [0.4, 0.5) is 10.8 Å². The average Bonchev–Trinajstić information content (AvgIpc) is 3.11. The van der Waals surface area contributed by atoms with Crippen molar-refractivity contribution < 1.29 is 9.53 Å². The molecular weight excluding hydrogens is 403 g/mol. The van der Waals surface area contributed by atoms with Gasteiger partial charge < -0.3 is 4.74 Å². The summed E-state index contributed by atoms with van der Waals surface area (Å²) < 4.78 is 5.73. The Morgan fingerprint density at radius 2 is 2.00 bits per heavy atom. The Kier molecular flexibility index (Phi) is 6.37. The van der Waals surface area contributed by atoms with Gasteiger partial charge in [-0.1, -0.05) is 48.3 Å². The molecule has 0 aliphatic rings. The number of anilines is 2. The second kappa shape index (κ2) is 8.74. The van der Waals surface area contributed by atoms with E-state index in [0.29, 0.717) is 26.6 Å². The molecule has 7 heteroatoms. The van der Waals surface area contributed by atoms with Crippen LogP contribution >= 0.6 is 34.5 Å². The number of para-hydroxylation sites is 1. The van der Waals surface area contributed by atoms with Crippen LogP contribution < -0.4 is 9.64 Å². The van der Waals surface area contributed by atoms with Crippen molar-refractivity contribution in [1.29, 1.82) is 0 Å². The zero-order valence-electron chi connectivity index (χ0n) is 14.9. The highest BCUT2D eigenvalue weighted by atomic mass is 35.5. The fourth-order valence-electron chi connectivity index (χ4n) is 2.64. The summed E-state index contributed by atoms with van der Waals surface area (Å²) >= 11 is 13.5. The van der Waals surface area contributed by atoms with Crippen LogP contribution in [0.15, 0.2) is 47.8 Å². The molecule has 140 valence electrons. The number of halogens is 2. The van der Waals surface area contributed by atoms with Crippen molar-refractivity contribution in [3.63, 3.8) is 0 Å². The van der Waals surface area contributed by atoms with Crippen LogP contribution in [0.3, 0.4) is 0 Å². The standard InChI is InChI=1S/C20H18Cl2N2O2S/c1-3-14-6-4-5-7-18(14)24(13(2)25)20-23-16(12-27-20)11-26-19-10-15(21)8-9-17(19)22/h4-10,12H,3,11H2,1-2H3. The first-order valence-electron chi connectivity index (χ1n) is 8.40. The van der Waals surface area contributed by atoms with Crippen molar-refractivity contribution in [3.05, 3.63) is 69.1 Å². The largest absolute Gasteiger partial charge is 0.486 e. The topological polar surface area (TPSA) is 42.4 Å². The van der Waals surface area contributed by atoms with Crippen molar-refractivity contribution in [1.82, 2.24) is 4.98 Å². The summed E-state index contributed by atoms with van der Waals surface area (Å²) in [5.41, 5.74) is 2.66. The second-order valence-electron chi connectivity index (χ2n) is 5.82. The van der Waals surface area contributed by atoms with Crippen LogP contribution in [0.25, 0.3) is 0 Å². The molecule has 2 aromatic carbocycles. The summed E-state index contributed by atoms with van der Waals surface area (Å²) in [6.07, 6.45) is 0.828. The van der Waals surface area contributed by atoms with Crippen LogP contribution in [0, 0.1) is 0 Å². The van der Waals surface area contributed by atoms with Crippen molar-refractivity contribution in [3.8, 4) is 5.75 Å². The quantitative estimate of drug-likeness (QED) is 0.471. The third-order valence-corrected chi connectivity index (χ3v) is 5.35. The van der Waals surface area contributed by atoms with Gasteiger partial charge in [0.15, 0.2) is 5.13 Å². The smallest absolute Gasteiger partial charge is 0.230 e. The summed E-state index contributed by atoms with van der Waals surface area (Å²) in [7, 11) is 0. The molecule has 0 N–H and O–H groups in total. The van der Waals surface area contributed by atoms with Crippen LogP contribution in [-0.2, 0) is 17.8 Å². The van der Waals surface area contributed by atoms with Gasteiger partial charge in [0, 0.05) is 23.4 Å². The van der Waals surface area contributed by atoms with E-state index < -0.39 is 0 Å². The molecule has 1 aromatic heterocycles. The van der Waals surface area contributed by atoms with Gasteiger partial charge in [-0.15, -0.1) is 11.3 Å². The van der Waals surface area contributed by atoms with Crippen molar-refractivity contribution in [2.75, 3.05) is 4.90 Å². The van der Waals surface area contributed by atoms with Gasteiger partial charge in [0.1, 0.15) is 12.4 Å². The molecule has 27 heavy (non-hydrogen) atoms. The number of benzene rings is 2. The zero-order valence-corrected chi connectivity index (χ0v) is 17.2. The number of thiazole rings is 1. The van der Waals surface area contributed by atoms with Gasteiger partial charge in [0.2, 0.25) is 5.91 Å². The van der Waals surface area contributed by atoms with Crippen molar-refractivity contribution >= 4 is 51.3 Å². The number of nitrogens with zero attached hydrogens (tertiary/aromatic N) is 2. The maximum Gasteiger partial charge on any atom is 0.230 e. The van der Waals surface area contributed by atoms with Gasteiger partial charge in [-0.3, -0.25) is 9.69 Å². The Hall–Kier alpha value is -2.08. The lowest BCUT2D eigenvalue weighted by Gasteiger charge is -2.21. The molecule has 1 heterocycles. The first kappa shape index (κ1) is 19.7. The Bertz CT molecular complexity index is 959. The molecule has 0 atom stereocenters. The van der Waals surface area contributed by atoms with Gasteiger partial charge >= 0.3 is 0 Å². The molecule has 3 aromatic rings. The first-order chi connectivity index (χ1) is 13.0. The SMILES string of the molecule is CCc1ccccc1N(C(C)=O)c1nc(COc2cc(Cl)ccc2Cl)cs1. The number of rotatable bonds is 6. The summed E-state index contributed by atoms with van der Waals surface area (Å²) in [5, 5.41) is 3.52. The van der Waals surface area contributed by atoms with Crippen molar-refractivity contribution in [2.45, 2.75) is 26.9 Å². The number of carbonyl (C=O) groups excluding carboxylic acids is 1. The van der Waals surface area contributed by atoms with E-state index in [4.69, 9.17) is 27.9 Å². The molecule has 0 unspecified atom stereocenters. The number of hydrogen-bond donors (Lipinski definition) is 0. The minimum atomic E-state index is -0.0874. The zero-order chi connectivity index (χ0) is 19.4. The van der Waals surface area contributed by atoms with Gasteiger partial charge in [0.05, 0.1) is 16.4 Å². The summed E-state index contributed by atoms with van der Waals surface area (Å²) in [5.74, 6) is 0.411. The number of carbonyl (C=O) groups is 1. The molecular formula is C20H18Cl2N2O2S. The number of hydrogen-bond acceptors (Lipinski definition) is 4. The van der Waals surface area contributed by atoms with Crippen molar-refractivity contribution in [2.24, 2.45) is 0 Å². The van der Waals surface area contributed by atoms with Crippen LogP contribution in [0.2, 0.25) is 10.0 Å². The molecule has 0 saturated carbocycles. The molecule has 0 spiro atoms. The maximum absolute atomic E-state index is 12.3. The number of aryl methyl sites for hydroxylation is 1. The van der Waals surface area contributed by atoms with Crippen LogP contribution in [0.5, 0.6) is 5.75 Å². The number of amides is 1. The fourth-order valence-corrected chi connectivity index (χ4v) is 3.84. The Balaban J connectivity index is 1.82. The van der Waals surface area contributed by atoms with E-state index in [2.05, 4.69) is 11.9 Å². The molecule has 3 rings (SSSR count). The van der Waals surface area contributed by atoms with Gasteiger partial charge in [-0.05, 0) is 30.2 Å². The van der Waals surface area contributed by atoms with Crippen LogP contribution in [0.1, 0.15) is 25.1 Å². The Morgan fingerprint density at radius 3 is 2.74 bits per heavy atom. The minimum Gasteiger partial charge on any atom is -0.486 e. The summed E-state index contributed by atoms with van der Waals surface area (Å²) in [6.45, 7) is 3.83. The predicted octanol–water partition coefficient (Wildman–Crippen LogP) is 6.28. The van der Waals surface area contributed by atoms with E-state index in [1.807, 2.05) is 29.6 Å². The molecule has 0 fully saturated rings. The molecule has 0 aliphatic carbocycles. The van der Waals surface area contributed by atoms with Gasteiger partial charge in [-0.2, -0.15) is 0 Å². The lowest BCUT2D eigenvalue weighted by atomic mass is 10.1. The lowest BCUT2D eigenvalue weighted by Crippen LogP contribution is -2.23. The Labute approximate surface area is 172 Å². The monoisotopic (exact) mass is 420 g/mol. The average molecular weight is 421 g/mol. The van der Waals surface area contributed by atoms with E-state index in [1.54, 1.807) is 23.1 Å². The lowest BCUT2D eigenvalue weighted by molar-refractivity contribution is -0.115. The normalized spacial score (nSPS) is 10.7. The first-order valence-corrected chi connectivity index (χ1v) is 10.0. The molecule has 0 bridgehead atoms. The van der Waals surface area contributed by atoms with Gasteiger partial charge in [-0.25, -0.2) is 4.98 Å².